The molecule has 12 aromatic carbocycles. The molecule has 12 aromatic rings. The highest BCUT2D eigenvalue weighted by molar-refractivity contribution is 6.45. The third-order valence-corrected chi connectivity index (χ3v) is 12.4. The molecule has 0 heterocycles. The van der Waals surface area contributed by atoms with E-state index in [0.29, 0.717) is 0 Å². The summed E-state index contributed by atoms with van der Waals surface area (Å²) < 4.78 is 0. The van der Waals surface area contributed by atoms with Gasteiger partial charge in [0.05, 0.1) is 0 Å². The minimum atomic E-state index is 1.21. The quantitative estimate of drug-likeness (QED) is 0.122. The van der Waals surface area contributed by atoms with Crippen LogP contribution in [-0.4, -0.2) is 0 Å². The molecule has 58 heavy (non-hydrogen) atoms. The van der Waals surface area contributed by atoms with Gasteiger partial charge in [-0.3, -0.25) is 0 Å². The lowest BCUT2D eigenvalue weighted by atomic mass is 9.79. The van der Waals surface area contributed by atoms with Crippen LogP contribution in [0.2, 0.25) is 0 Å². The monoisotopic (exact) mass is 732 g/mol. The summed E-state index contributed by atoms with van der Waals surface area (Å²) in [5.41, 5.74) is 12.4. The average Bonchev–Trinajstić information content (AvgIpc) is 3.30. The Morgan fingerprint density at radius 2 is 0.534 bits per heavy atom. The molecule has 0 saturated heterocycles. The van der Waals surface area contributed by atoms with Gasteiger partial charge < -0.3 is 0 Å². The molecule has 0 fully saturated rings. The number of benzene rings is 12. The Hall–Kier alpha value is -7.54. The van der Waals surface area contributed by atoms with E-state index in [0.717, 1.165) is 0 Å². The van der Waals surface area contributed by atoms with Crippen LogP contribution >= 0.6 is 0 Å². The highest BCUT2D eigenvalue weighted by Gasteiger charge is 2.25. The minimum Gasteiger partial charge on any atom is -0.0622 e. The molecule has 12 rings (SSSR count). The predicted molar refractivity (Wildman–Crippen MR) is 250 cm³/mol. The van der Waals surface area contributed by atoms with Gasteiger partial charge in [0, 0.05) is 0 Å². The van der Waals surface area contributed by atoms with Crippen LogP contribution in [0.15, 0.2) is 218 Å². The molecule has 0 atom stereocenters. The second-order valence-corrected chi connectivity index (χ2v) is 15.5. The maximum Gasteiger partial charge on any atom is -0.000740 e. The SMILES string of the molecule is c1ccc(-c2ccc(-c3c4ccccc4c4c5c3cccc5c3cccc5c(-c6ccccc6-c6ccccc6)c6ccccc6c4c53)c(-c3ccccc3)c2)cc1. The van der Waals surface area contributed by atoms with Crippen molar-refractivity contribution in [1.82, 2.24) is 0 Å². The first kappa shape index (κ1) is 32.7. The Morgan fingerprint density at radius 1 is 0.172 bits per heavy atom. The van der Waals surface area contributed by atoms with Crippen LogP contribution in [0.3, 0.4) is 0 Å². The van der Waals surface area contributed by atoms with Gasteiger partial charge in [-0.25, -0.2) is 0 Å². The normalized spacial score (nSPS) is 11.8. The van der Waals surface area contributed by atoms with Crippen LogP contribution in [0.25, 0.3) is 120 Å². The van der Waals surface area contributed by atoms with Gasteiger partial charge in [-0.05, 0) is 126 Å². The van der Waals surface area contributed by atoms with Gasteiger partial charge in [-0.1, -0.05) is 212 Å². The van der Waals surface area contributed by atoms with Crippen molar-refractivity contribution < 1.29 is 0 Å². The number of fused-ring (bicyclic) bond motifs is 6. The van der Waals surface area contributed by atoms with Crippen molar-refractivity contribution in [2.45, 2.75) is 0 Å². The second kappa shape index (κ2) is 13.0. The second-order valence-electron chi connectivity index (χ2n) is 15.5. The lowest BCUT2D eigenvalue weighted by molar-refractivity contribution is 1.58. The molecule has 0 amide bonds. The van der Waals surface area contributed by atoms with Gasteiger partial charge in [0.15, 0.2) is 0 Å². The number of rotatable bonds is 5. The minimum absolute atomic E-state index is 1.21. The Kier molecular flexibility index (Phi) is 7.33. The number of hydrogen-bond donors (Lipinski definition) is 0. The summed E-state index contributed by atoms with van der Waals surface area (Å²) in [5, 5.41) is 15.6. The molecule has 0 N–H and O–H groups in total. The molecule has 0 aromatic heterocycles. The van der Waals surface area contributed by atoms with Gasteiger partial charge in [0.2, 0.25) is 0 Å². The average molecular weight is 733 g/mol. The summed E-state index contributed by atoms with van der Waals surface area (Å²) >= 11 is 0. The van der Waals surface area contributed by atoms with E-state index in [1.807, 2.05) is 0 Å². The van der Waals surface area contributed by atoms with Crippen molar-refractivity contribution >= 4 is 64.6 Å². The Labute approximate surface area is 337 Å². The van der Waals surface area contributed by atoms with Crippen molar-refractivity contribution in [3.63, 3.8) is 0 Å². The molecule has 0 aliphatic carbocycles. The Morgan fingerprint density at radius 3 is 1.07 bits per heavy atom. The molecular weight excluding hydrogens is 697 g/mol. The Bertz CT molecular complexity index is 3530. The van der Waals surface area contributed by atoms with E-state index < -0.39 is 0 Å². The fourth-order valence-electron chi connectivity index (χ4n) is 10.0. The van der Waals surface area contributed by atoms with E-state index in [2.05, 4.69) is 218 Å². The van der Waals surface area contributed by atoms with E-state index in [1.165, 1.54) is 120 Å². The first-order valence-electron chi connectivity index (χ1n) is 20.2. The lowest BCUT2D eigenvalue weighted by Crippen LogP contribution is -1.96. The van der Waals surface area contributed by atoms with Crippen LogP contribution in [0.5, 0.6) is 0 Å². The van der Waals surface area contributed by atoms with Gasteiger partial charge >= 0.3 is 0 Å². The molecule has 0 bridgehead atoms. The molecule has 0 aliphatic heterocycles. The number of hydrogen-bond acceptors (Lipinski definition) is 0. The molecule has 0 nitrogen and oxygen atoms in total. The molecule has 0 aliphatic rings. The molecule has 268 valence electrons. The summed E-state index contributed by atoms with van der Waals surface area (Å²) in [6.45, 7) is 0. The molecule has 0 saturated carbocycles. The molecule has 0 spiro atoms. The summed E-state index contributed by atoms with van der Waals surface area (Å²) in [5.74, 6) is 0. The van der Waals surface area contributed by atoms with Gasteiger partial charge in [0.25, 0.3) is 0 Å². The van der Waals surface area contributed by atoms with Crippen molar-refractivity contribution in [3.05, 3.63) is 218 Å². The first-order valence-corrected chi connectivity index (χ1v) is 20.2. The molecule has 0 radical (unpaired) electrons. The topological polar surface area (TPSA) is 0 Å². The molecular formula is C58H36. The molecule has 0 unspecified atom stereocenters. The third kappa shape index (κ3) is 4.82. The summed E-state index contributed by atoms with van der Waals surface area (Å²) in [6.07, 6.45) is 0. The fraction of sp³-hybridized carbons (Fsp3) is 0. The van der Waals surface area contributed by atoms with Crippen LogP contribution in [0.1, 0.15) is 0 Å². The van der Waals surface area contributed by atoms with Crippen molar-refractivity contribution in [1.29, 1.82) is 0 Å². The van der Waals surface area contributed by atoms with Gasteiger partial charge in [0.1, 0.15) is 0 Å². The van der Waals surface area contributed by atoms with E-state index in [4.69, 9.17) is 0 Å². The van der Waals surface area contributed by atoms with E-state index in [1.54, 1.807) is 0 Å². The largest absolute Gasteiger partial charge is 0.0622 e. The highest BCUT2D eigenvalue weighted by atomic mass is 14.3. The summed E-state index contributed by atoms with van der Waals surface area (Å²) in [6, 6.07) is 80.7. The smallest absolute Gasteiger partial charge is 0.000740 e. The maximum absolute atomic E-state index is 2.39. The lowest BCUT2D eigenvalue weighted by Gasteiger charge is -2.24. The Balaban J connectivity index is 1.26. The van der Waals surface area contributed by atoms with E-state index >= 15 is 0 Å². The van der Waals surface area contributed by atoms with E-state index in [-0.39, 0.29) is 0 Å². The van der Waals surface area contributed by atoms with Crippen molar-refractivity contribution in [3.8, 4) is 55.6 Å². The highest BCUT2D eigenvalue weighted by Crippen LogP contribution is 2.53. The fourth-order valence-corrected chi connectivity index (χ4v) is 10.0. The van der Waals surface area contributed by atoms with E-state index in [9.17, 15) is 0 Å². The zero-order chi connectivity index (χ0) is 38.2. The first-order chi connectivity index (χ1) is 28.8. The van der Waals surface area contributed by atoms with Gasteiger partial charge in [-0.2, -0.15) is 0 Å². The van der Waals surface area contributed by atoms with Crippen molar-refractivity contribution in [2.75, 3.05) is 0 Å². The van der Waals surface area contributed by atoms with Crippen LogP contribution in [0, 0.1) is 0 Å². The van der Waals surface area contributed by atoms with Crippen LogP contribution in [0.4, 0.5) is 0 Å². The zero-order valence-corrected chi connectivity index (χ0v) is 31.8. The molecule has 0 heteroatoms. The zero-order valence-electron chi connectivity index (χ0n) is 31.8. The van der Waals surface area contributed by atoms with Gasteiger partial charge in [-0.15, -0.1) is 0 Å². The standard InChI is InChI=1S/C58H36/c1-4-18-37(19-5-1)40-34-35-49(52(36-40)39-22-8-3-9-23-39)54-44-27-13-15-29-48(44)58-56-46(31-17-33-51(54)56)45-30-16-32-50-53(43-26-12-14-28-47(43)57(58)55(45)50)42-25-11-10-24-41(42)38-20-6-2-7-21-38/h1-36H. The maximum atomic E-state index is 2.39. The van der Waals surface area contributed by atoms with Crippen LogP contribution in [-0.2, 0) is 0 Å². The summed E-state index contributed by atoms with van der Waals surface area (Å²) in [7, 11) is 0. The van der Waals surface area contributed by atoms with Crippen molar-refractivity contribution in [2.24, 2.45) is 0 Å². The predicted octanol–water partition coefficient (Wildman–Crippen LogP) is 16.4. The third-order valence-electron chi connectivity index (χ3n) is 12.4. The van der Waals surface area contributed by atoms with Crippen LogP contribution < -0.4 is 0 Å². The summed E-state index contributed by atoms with van der Waals surface area (Å²) in [4.78, 5) is 0.